The van der Waals surface area contributed by atoms with E-state index in [9.17, 15) is 13.6 Å². The van der Waals surface area contributed by atoms with Gasteiger partial charge in [0, 0.05) is 12.1 Å². The van der Waals surface area contributed by atoms with Gasteiger partial charge in [-0.25, -0.2) is 13.6 Å². The summed E-state index contributed by atoms with van der Waals surface area (Å²) in [5.41, 5.74) is 0. The molecule has 0 aliphatic carbocycles. The fourth-order valence-electron chi connectivity index (χ4n) is 1.65. The summed E-state index contributed by atoms with van der Waals surface area (Å²) in [6, 6.07) is 6.75. The standard InChI is InChI=1S/C15H12F2O5/c1-19-13-7-9(16)3-5-11(13)21-15(18)22-12-6-4-10(17)8-14(12)20-2/h3-8H,1-2H3. The highest BCUT2D eigenvalue weighted by atomic mass is 19.1. The first-order valence-corrected chi connectivity index (χ1v) is 6.10. The summed E-state index contributed by atoms with van der Waals surface area (Å²) in [7, 11) is 2.60. The van der Waals surface area contributed by atoms with E-state index in [1.807, 2.05) is 0 Å². The molecule has 116 valence electrons. The van der Waals surface area contributed by atoms with Crippen molar-refractivity contribution in [2.75, 3.05) is 14.2 Å². The van der Waals surface area contributed by atoms with E-state index < -0.39 is 17.8 Å². The van der Waals surface area contributed by atoms with Gasteiger partial charge in [-0.1, -0.05) is 0 Å². The highest BCUT2D eigenvalue weighted by Crippen LogP contribution is 2.30. The molecule has 0 saturated heterocycles. The monoisotopic (exact) mass is 310 g/mol. The van der Waals surface area contributed by atoms with Gasteiger partial charge in [-0.3, -0.25) is 0 Å². The Morgan fingerprint density at radius 3 is 1.55 bits per heavy atom. The van der Waals surface area contributed by atoms with Crippen LogP contribution in [0.15, 0.2) is 36.4 Å². The smallest absolute Gasteiger partial charge is 0.493 e. The van der Waals surface area contributed by atoms with Crippen LogP contribution in [0.4, 0.5) is 13.6 Å². The molecule has 2 rings (SSSR count). The van der Waals surface area contributed by atoms with Crippen LogP contribution in [0.2, 0.25) is 0 Å². The number of halogens is 2. The molecule has 0 radical (unpaired) electrons. The van der Waals surface area contributed by atoms with Crippen LogP contribution in [0.3, 0.4) is 0 Å². The van der Waals surface area contributed by atoms with E-state index in [2.05, 4.69) is 0 Å². The van der Waals surface area contributed by atoms with Crippen molar-refractivity contribution < 1.29 is 32.5 Å². The van der Waals surface area contributed by atoms with Gasteiger partial charge in [-0.15, -0.1) is 0 Å². The van der Waals surface area contributed by atoms with Crippen LogP contribution in [-0.2, 0) is 0 Å². The van der Waals surface area contributed by atoms with Crippen molar-refractivity contribution in [3.05, 3.63) is 48.0 Å². The fraction of sp³-hybridized carbons (Fsp3) is 0.133. The Morgan fingerprint density at radius 2 is 1.18 bits per heavy atom. The largest absolute Gasteiger partial charge is 0.519 e. The Hall–Kier alpha value is -2.83. The van der Waals surface area contributed by atoms with Crippen LogP contribution in [0, 0.1) is 11.6 Å². The van der Waals surface area contributed by atoms with E-state index in [4.69, 9.17) is 18.9 Å². The second-order valence-corrected chi connectivity index (χ2v) is 4.04. The van der Waals surface area contributed by atoms with Crippen molar-refractivity contribution >= 4 is 6.16 Å². The third-order valence-electron chi connectivity index (χ3n) is 2.64. The molecule has 0 spiro atoms. The summed E-state index contributed by atoms with van der Waals surface area (Å²) in [4.78, 5) is 11.7. The van der Waals surface area contributed by atoms with Crippen molar-refractivity contribution in [3.63, 3.8) is 0 Å². The van der Waals surface area contributed by atoms with Crippen LogP contribution in [0.1, 0.15) is 0 Å². The predicted octanol–water partition coefficient (Wildman–Crippen LogP) is 3.56. The molecular weight excluding hydrogens is 298 g/mol. The van der Waals surface area contributed by atoms with E-state index in [1.54, 1.807) is 0 Å². The van der Waals surface area contributed by atoms with Crippen molar-refractivity contribution in [2.24, 2.45) is 0 Å². The van der Waals surface area contributed by atoms with E-state index in [1.165, 1.54) is 26.4 Å². The summed E-state index contributed by atoms with van der Waals surface area (Å²) in [5.74, 6) is -1.06. The lowest BCUT2D eigenvalue weighted by molar-refractivity contribution is 0.148. The maximum Gasteiger partial charge on any atom is 0.519 e. The first kappa shape index (κ1) is 15.6. The van der Waals surface area contributed by atoms with Gasteiger partial charge in [0.1, 0.15) is 11.6 Å². The van der Waals surface area contributed by atoms with Gasteiger partial charge in [0.25, 0.3) is 0 Å². The molecule has 5 nitrogen and oxygen atoms in total. The quantitative estimate of drug-likeness (QED) is 0.638. The Bertz CT molecular complexity index is 630. The van der Waals surface area contributed by atoms with E-state index in [0.717, 1.165) is 24.3 Å². The van der Waals surface area contributed by atoms with Gasteiger partial charge in [0.15, 0.2) is 23.0 Å². The molecule has 0 atom stereocenters. The molecule has 2 aromatic carbocycles. The van der Waals surface area contributed by atoms with Gasteiger partial charge in [0.2, 0.25) is 0 Å². The third kappa shape index (κ3) is 3.63. The van der Waals surface area contributed by atoms with Gasteiger partial charge in [-0.2, -0.15) is 0 Å². The van der Waals surface area contributed by atoms with Gasteiger partial charge in [-0.05, 0) is 24.3 Å². The van der Waals surface area contributed by atoms with E-state index in [0.29, 0.717) is 0 Å². The zero-order valence-corrected chi connectivity index (χ0v) is 11.8. The van der Waals surface area contributed by atoms with Gasteiger partial charge < -0.3 is 18.9 Å². The number of hydrogen-bond acceptors (Lipinski definition) is 5. The number of hydrogen-bond donors (Lipinski definition) is 0. The van der Waals surface area contributed by atoms with Crippen LogP contribution in [-0.4, -0.2) is 20.4 Å². The van der Waals surface area contributed by atoms with Crippen LogP contribution in [0.25, 0.3) is 0 Å². The minimum absolute atomic E-state index is 0.0185. The molecule has 22 heavy (non-hydrogen) atoms. The Labute approximate surface area is 125 Å². The van der Waals surface area contributed by atoms with Crippen LogP contribution < -0.4 is 18.9 Å². The summed E-state index contributed by atoms with van der Waals surface area (Å²) in [5, 5.41) is 0. The maximum atomic E-state index is 13.1. The number of carbonyl (C=O) groups excluding carboxylic acids is 1. The Kier molecular flexibility index (Phi) is 4.77. The molecule has 0 aromatic heterocycles. The number of benzene rings is 2. The predicted molar refractivity (Wildman–Crippen MR) is 72.6 cm³/mol. The molecule has 0 aliphatic heterocycles. The lowest BCUT2D eigenvalue weighted by Crippen LogP contribution is -2.15. The second kappa shape index (κ2) is 6.75. The zero-order valence-electron chi connectivity index (χ0n) is 11.8. The molecule has 0 fully saturated rings. The molecule has 0 amide bonds. The number of rotatable bonds is 4. The van der Waals surface area contributed by atoms with Crippen LogP contribution in [0.5, 0.6) is 23.0 Å². The molecule has 0 saturated carbocycles. The van der Waals surface area contributed by atoms with E-state index >= 15 is 0 Å². The van der Waals surface area contributed by atoms with Crippen molar-refractivity contribution in [1.29, 1.82) is 0 Å². The maximum absolute atomic E-state index is 13.1. The molecule has 0 N–H and O–H groups in total. The summed E-state index contributed by atoms with van der Waals surface area (Å²) >= 11 is 0. The summed E-state index contributed by atoms with van der Waals surface area (Å²) < 4.78 is 45.7. The fourth-order valence-corrected chi connectivity index (χ4v) is 1.65. The molecule has 2 aromatic rings. The first-order valence-electron chi connectivity index (χ1n) is 6.10. The third-order valence-corrected chi connectivity index (χ3v) is 2.64. The van der Waals surface area contributed by atoms with Crippen molar-refractivity contribution in [1.82, 2.24) is 0 Å². The molecular formula is C15H12F2O5. The number of methoxy groups -OCH3 is 2. The lowest BCUT2D eigenvalue weighted by Gasteiger charge is -2.11. The highest BCUT2D eigenvalue weighted by molar-refractivity contribution is 5.69. The molecule has 0 bridgehead atoms. The zero-order chi connectivity index (χ0) is 16.1. The number of ether oxygens (including phenoxy) is 4. The Morgan fingerprint density at radius 1 is 0.773 bits per heavy atom. The number of carbonyl (C=O) groups is 1. The minimum atomic E-state index is -1.10. The average molecular weight is 310 g/mol. The normalized spacial score (nSPS) is 10.0. The van der Waals surface area contributed by atoms with Gasteiger partial charge >= 0.3 is 6.16 Å². The molecule has 0 heterocycles. The molecule has 0 unspecified atom stereocenters. The SMILES string of the molecule is COc1cc(F)ccc1OC(=O)Oc1ccc(F)cc1OC. The lowest BCUT2D eigenvalue weighted by atomic mass is 10.3. The minimum Gasteiger partial charge on any atom is -0.493 e. The van der Waals surface area contributed by atoms with Crippen LogP contribution >= 0.6 is 0 Å². The van der Waals surface area contributed by atoms with E-state index in [-0.39, 0.29) is 23.0 Å². The average Bonchev–Trinajstić information content (AvgIpc) is 2.50. The van der Waals surface area contributed by atoms with Gasteiger partial charge in [0.05, 0.1) is 14.2 Å². The second-order valence-electron chi connectivity index (χ2n) is 4.04. The molecule has 0 aliphatic rings. The first-order chi connectivity index (χ1) is 10.5. The van der Waals surface area contributed by atoms with Crippen molar-refractivity contribution in [3.8, 4) is 23.0 Å². The molecule has 7 heteroatoms. The highest BCUT2D eigenvalue weighted by Gasteiger charge is 2.15. The van der Waals surface area contributed by atoms with Crippen molar-refractivity contribution in [2.45, 2.75) is 0 Å². The summed E-state index contributed by atoms with van der Waals surface area (Å²) in [6.07, 6.45) is -1.10. The Balaban J connectivity index is 2.14. The topological polar surface area (TPSA) is 54.0 Å². The summed E-state index contributed by atoms with van der Waals surface area (Å²) in [6.45, 7) is 0.